The van der Waals surface area contributed by atoms with Gasteiger partial charge in [-0.15, -0.1) is 0 Å². The number of rotatable bonds is 8. The Kier molecular flexibility index (Phi) is 6.94. The van der Waals surface area contributed by atoms with Crippen LogP contribution in [-0.2, 0) is 4.79 Å². The molecule has 128 valence electrons. The number of nitrogens with one attached hydrogen (secondary N) is 1. The molecule has 0 aromatic heterocycles. The van der Waals surface area contributed by atoms with Gasteiger partial charge in [0.1, 0.15) is 18.1 Å². The normalized spacial score (nSPS) is 11.6. The van der Waals surface area contributed by atoms with Gasteiger partial charge < -0.3 is 14.8 Å². The van der Waals surface area contributed by atoms with Crippen molar-refractivity contribution in [3.05, 3.63) is 59.1 Å². The third kappa shape index (κ3) is 5.46. The number of para-hydroxylation sites is 1. The molecule has 0 spiro atoms. The van der Waals surface area contributed by atoms with Gasteiger partial charge in [-0.3, -0.25) is 4.79 Å². The minimum Gasteiger partial charge on any atom is -0.492 e. The number of carbonyl (C=O) groups is 1. The van der Waals surface area contributed by atoms with Gasteiger partial charge in [0.05, 0.1) is 6.54 Å². The first-order chi connectivity index (χ1) is 11.6. The monoisotopic (exact) mass is 347 g/mol. The predicted molar refractivity (Wildman–Crippen MR) is 95.8 cm³/mol. The van der Waals surface area contributed by atoms with Crippen molar-refractivity contribution in [2.24, 2.45) is 0 Å². The van der Waals surface area contributed by atoms with Gasteiger partial charge in [0, 0.05) is 5.02 Å². The van der Waals surface area contributed by atoms with Gasteiger partial charge in [-0.1, -0.05) is 36.7 Å². The summed E-state index contributed by atoms with van der Waals surface area (Å²) in [5.41, 5.74) is 1.01. The quantitative estimate of drug-likeness (QED) is 0.734. The molecule has 0 saturated heterocycles. The van der Waals surface area contributed by atoms with Crippen molar-refractivity contribution in [2.75, 3.05) is 13.2 Å². The fourth-order valence-electron chi connectivity index (χ4n) is 2.15. The van der Waals surface area contributed by atoms with Crippen LogP contribution in [0.4, 0.5) is 0 Å². The van der Waals surface area contributed by atoms with Gasteiger partial charge >= 0.3 is 0 Å². The molecule has 0 heterocycles. The number of ether oxygens (including phenoxy) is 2. The Balaban J connectivity index is 1.77. The molecule has 1 amide bonds. The molecule has 2 rings (SSSR count). The van der Waals surface area contributed by atoms with Gasteiger partial charge in [-0.05, 0) is 49.2 Å². The first-order valence-corrected chi connectivity index (χ1v) is 8.36. The number of halogens is 1. The molecule has 2 aromatic rings. The molecule has 0 aliphatic carbocycles. The molecule has 0 aliphatic rings. The van der Waals surface area contributed by atoms with E-state index in [0.29, 0.717) is 24.6 Å². The standard InChI is InChI=1S/C19H22ClNO3/c1-3-17(24-18-7-5-4-6-14(18)2)19(22)21-12-13-23-16-10-8-15(20)9-11-16/h4-11,17H,3,12-13H2,1-2H3,(H,21,22)/t17-/m0/s1. The summed E-state index contributed by atoms with van der Waals surface area (Å²) in [6, 6.07) is 14.8. The lowest BCUT2D eigenvalue weighted by Crippen LogP contribution is -2.39. The van der Waals surface area contributed by atoms with Gasteiger partial charge in [-0.25, -0.2) is 0 Å². The SMILES string of the molecule is CC[C@H](Oc1ccccc1C)C(=O)NCCOc1ccc(Cl)cc1. The van der Waals surface area contributed by atoms with Crippen molar-refractivity contribution in [2.45, 2.75) is 26.4 Å². The molecule has 0 aliphatic heterocycles. The number of amides is 1. The van der Waals surface area contributed by atoms with Gasteiger partial charge in [0.2, 0.25) is 0 Å². The second-order valence-corrected chi connectivity index (χ2v) is 5.81. The topological polar surface area (TPSA) is 47.6 Å². The highest BCUT2D eigenvalue weighted by atomic mass is 35.5. The highest BCUT2D eigenvalue weighted by Gasteiger charge is 2.18. The van der Waals surface area contributed by atoms with Crippen LogP contribution < -0.4 is 14.8 Å². The van der Waals surface area contributed by atoms with Crippen molar-refractivity contribution < 1.29 is 14.3 Å². The van der Waals surface area contributed by atoms with Crippen LogP contribution in [0.1, 0.15) is 18.9 Å². The average molecular weight is 348 g/mol. The number of carbonyl (C=O) groups excluding carboxylic acids is 1. The summed E-state index contributed by atoms with van der Waals surface area (Å²) in [7, 11) is 0. The zero-order valence-electron chi connectivity index (χ0n) is 13.9. The minimum absolute atomic E-state index is 0.138. The van der Waals surface area contributed by atoms with Gasteiger partial charge in [-0.2, -0.15) is 0 Å². The Bertz CT molecular complexity index is 658. The molecule has 0 unspecified atom stereocenters. The Morgan fingerprint density at radius 3 is 2.54 bits per heavy atom. The summed E-state index contributed by atoms with van der Waals surface area (Å²) in [6.45, 7) is 4.68. The van der Waals surface area contributed by atoms with Crippen LogP contribution in [0.15, 0.2) is 48.5 Å². The van der Waals surface area contributed by atoms with Crippen molar-refractivity contribution in [1.29, 1.82) is 0 Å². The molecule has 0 radical (unpaired) electrons. The first-order valence-electron chi connectivity index (χ1n) is 7.98. The first kappa shape index (κ1) is 18.1. The molecule has 24 heavy (non-hydrogen) atoms. The van der Waals surface area contributed by atoms with Crippen LogP contribution in [0.25, 0.3) is 0 Å². The van der Waals surface area contributed by atoms with Crippen LogP contribution >= 0.6 is 11.6 Å². The lowest BCUT2D eigenvalue weighted by Gasteiger charge is -2.18. The zero-order chi connectivity index (χ0) is 17.4. The highest BCUT2D eigenvalue weighted by Crippen LogP contribution is 2.19. The molecule has 2 aromatic carbocycles. The highest BCUT2D eigenvalue weighted by molar-refractivity contribution is 6.30. The van der Waals surface area contributed by atoms with E-state index in [1.54, 1.807) is 24.3 Å². The van der Waals surface area contributed by atoms with E-state index >= 15 is 0 Å². The summed E-state index contributed by atoms with van der Waals surface area (Å²) >= 11 is 5.82. The number of aryl methyl sites for hydroxylation is 1. The minimum atomic E-state index is -0.512. The Labute approximate surface area is 147 Å². The summed E-state index contributed by atoms with van der Waals surface area (Å²) in [5.74, 6) is 1.31. The molecule has 0 bridgehead atoms. The Hall–Kier alpha value is -2.20. The van der Waals surface area contributed by atoms with Gasteiger partial charge in [0.25, 0.3) is 5.91 Å². The number of benzene rings is 2. The van der Waals surface area contributed by atoms with E-state index in [-0.39, 0.29) is 5.91 Å². The summed E-state index contributed by atoms with van der Waals surface area (Å²) in [4.78, 5) is 12.2. The summed E-state index contributed by atoms with van der Waals surface area (Å²) in [6.07, 6.45) is 0.0831. The second kappa shape index (κ2) is 9.18. The summed E-state index contributed by atoms with van der Waals surface area (Å²) < 4.78 is 11.4. The van der Waals surface area contributed by atoms with E-state index in [4.69, 9.17) is 21.1 Å². The van der Waals surface area contributed by atoms with Crippen LogP contribution in [0.3, 0.4) is 0 Å². The Morgan fingerprint density at radius 1 is 1.17 bits per heavy atom. The van der Waals surface area contributed by atoms with E-state index in [0.717, 1.165) is 17.1 Å². The lowest BCUT2D eigenvalue weighted by atomic mass is 10.2. The predicted octanol–water partition coefficient (Wildman–Crippen LogP) is 4.00. The maximum Gasteiger partial charge on any atom is 0.261 e. The van der Waals surface area contributed by atoms with E-state index in [1.807, 2.05) is 38.1 Å². The second-order valence-electron chi connectivity index (χ2n) is 5.37. The molecule has 1 atom stereocenters. The average Bonchev–Trinajstić information content (AvgIpc) is 2.59. The van der Waals surface area contributed by atoms with Gasteiger partial charge in [0.15, 0.2) is 6.10 Å². The van der Waals surface area contributed by atoms with E-state index in [2.05, 4.69) is 5.32 Å². The zero-order valence-corrected chi connectivity index (χ0v) is 14.7. The van der Waals surface area contributed by atoms with Crippen LogP contribution in [0, 0.1) is 6.92 Å². The van der Waals surface area contributed by atoms with Crippen molar-refractivity contribution in [1.82, 2.24) is 5.32 Å². The maximum absolute atomic E-state index is 12.2. The molecular weight excluding hydrogens is 326 g/mol. The van der Waals surface area contributed by atoms with Crippen LogP contribution in [-0.4, -0.2) is 25.2 Å². The third-order valence-electron chi connectivity index (χ3n) is 3.51. The van der Waals surface area contributed by atoms with Crippen LogP contribution in [0.5, 0.6) is 11.5 Å². The molecule has 1 N–H and O–H groups in total. The largest absolute Gasteiger partial charge is 0.492 e. The fraction of sp³-hybridized carbons (Fsp3) is 0.316. The van der Waals surface area contributed by atoms with E-state index < -0.39 is 6.10 Å². The lowest BCUT2D eigenvalue weighted by molar-refractivity contribution is -0.128. The number of hydrogen-bond acceptors (Lipinski definition) is 3. The molecule has 4 nitrogen and oxygen atoms in total. The van der Waals surface area contributed by atoms with Crippen molar-refractivity contribution in [3.63, 3.8) is 0 Å². The van der Waals surface area contributed by atoms with Crippen molar-refractivity contribution in [3.8, 4) is 11.5 Å². The smallest absolute Gasteiger partial charge is 0.261 e. The van der Waals surface area contributed by atoms with Crippen molar-refractivity contribution >= 4 is 17.5 Å². The number of hydrogen-bond donors (Lipinski definition) is 1. The molecule has 5 heteroatoms. The van der Waals surface area contributed by atoms with E-state index in [9.17, 15) is 4.79 Å². The maximum atomic E-state index is 12.2. The fourth-order valence-corrected chi connectivity index (χ4v) is 2.28. The third-order valence-corrected chi connectivity index (χ3v) is 3.76. The molecular formula is C19H22ClNO3. The molecule has 0 fully saturated rings. The van der Waals surface area contributed by atoms with E-state index in [1.165, 1.54) is 0 Å². The Morgan fingerprint density at radius 2 is 1.88 bits per heavy atom. The summed E-state index contributed by atoms with van der Waals surface area (Å²) in [5, 5.41) is 3.50. The molecule has 0 saturated carbocycles. The van der Waals surface area contributed by atoms with Crippen LogP contribution in [0.2, 0.25) is 5.02 Å².